The molecule has 0 fully saturated rings. The molecule has 4 aromatic carbocycles. The second-order valence-electron chi connectivity index (χ2n) is 8.49. The molecular formula is C32H20N2O7. The summed E-state index contributed by atoms with van der Waals surface area (Å²) in [5, 5.41) is 24.7. The minimum Gasteiger partial charge on any atom is -0.478 e. The molecule has 0 spiro atoms. The maximum absolute atomic E-state index is 12.8. The van der Waals surface area contributed by atoms with Gasteiger partial charge in [-0.15, -0.1) is 12.8 Å². The highest BCUT2D eigenvalue weighted by Gasteiger charge is 2.21. The highest BCUT2D eigenvalue weighted by atomic mass is 16.5. The summed E-state index contributed by atoms with van der Waals surface area (Å²) >= 11 is 0. The lowest BCUT2D eigenvalue weighted by Crippen LogP contribution is -2.17. The first-order valence-electron chi connectivity index (χ1n) is 11.9. The van der Waals surface area contributed by atoms with Crippen LogP contribution in [0.25, 0.3) is 0 Å². The van der Waals surface area contributed by atoms with Crippen LogP contribution in [0.4, 0.5) is 11.4 Å². The number of carboxylic acids is 2. The van der Waals surface area contributed by atoms with E-state index >= 15 is 0 Å². The van der Waals surface area contributed by atoms with Crippen LogP contribution in [0.5, 0.6) is 11.5 Å². The van der Waals surface area contributed by atoms with Gasteiger partial charge < -0.3 is 25.6 Å². The summed E-state index contributed by atoms with van der Waals surface area (Å²) in [6.07, 6.45) is 10.8. The molecule has 0 radical (unpaired) electrons. The molecule has 200 valence electrons. The van der Waals surface area contributed by atoms with Crippen LogP contribution in [-0.4, -0.2) is 34.0 Å². The van der Waals surface area contributed by atoms with Gasteiger partial charge in [-0.1, -0.05) is 24.0 Å². The fourth-order valence-electron chi connectivity index (χ4n) is 3.83. The van der Waals surface area contributed by atoms with Crippen molar-refractivity contribution in [2.45, 2.75) is 0 Å². The second-order valence-corrected chi connectivity index (χ2v) is 8.49. The number of benzene rings is 4. The zero-order valence-electron chi connectivity index (χ0n) is 21.2. The van der Waals surface area contributed by atoms with Gasteiger partial charge in [-0.25, -0.2) is 9.59 Å². The molecule has 0 aliphatic carbocycles. The van der Waals surface area contributed by atoms with Crippen LogP contribution in [0.3, 0.4) is 0 Å². The van der Waals surface area contributed by atoms with Gasteiger partial charge in [0, 0.05) is 22.5 Å². The van der Waals surface area contributed by atoms with Crippen molar-refractivity contribution in [1.29, 1.82) is 0 Å². The molecule has 0 aromatic heterocycles. The van der Waals surface area contributed by atoms with Crippen molar-refractivity contribution in [2.75, 3.05) is 10.6 Å². The highest BCUT2D eigenvalue weighted by Crippen LogP contribution is 2.28. The SMILES string of the molecule is C#Cc1cccc(NC(=O)c2ccc(Oc3ccc(C(=O)Nc4cccc(C#C)c4)c(C(=O)O)c3)cc2C(=O)O)c1. The quantitative estimate of drug-likeness (QED) is 0.219. The first-order valence-corrected chi connectivity index (χ1v) is 11.9. The van der Waals surface area contributed by atoms with Gasteiger partial charge in [0.1, 0.15) is 11.5 Å². The average Bonchev–Trinajstić information content (AvgIpc) is 2.97. The number of carboxylic acid groups (broad SMARTS) is 2. The van der Waals surface area contributed by atoms with Crippen LogP contribution in [0.2, 0.25) is 0 Å². The van der Waals surface area contributed by atoms with Crippen LogP contribution >= 0.6 is 0 Å². The van der Waals surface area contributed by atoms with Crippen molar-refractivity contribution < 1.29 is 34.1 Å². The molecule has 0 bridgehead atoms. The van der Waals surface area contributed by atoms with E-state index in [0.717, 1.165) is 12.1 Å². The normalized spacial score (nSPS) is 10.0. The standard InChI is InChI=1S/C32H20N2O7/c1-3-19-7-5-9-21(15-19)33-29(35)25-13-11-23(17-27(25)31(37)38)41-24-12-14-26(28(18-24)32(39)40)30(36)34-22-10-6-8-20(4-2)16-22/h1-2,5-18H,(H,33,35)(H,34,36)(H,37,38)(H,39,40). The van der Waals surface area contributed by atoms with E-state index in [1.807, 2.05) is 0 Å². The summed E-state index contributed by atoms with van der Waals surface area (Å²) in [6.45, 7) is 0. The zero-order chi connectivity index (χ0) is 29.5. The van der Waals surface area contributed by atoms with Gasteiger partial charge >= 0.3 is 11.9 Å². The van der Waals surface area contributed by atoms with E-state index in [0.29, 0.717) is 22.5 Å². The van der Waals surface area contributed by atoms with Gasteiger partial charge in [-0.05, 0) is 72.8 Å². The number of rotatable bonds is 8. The van der Waals surface area contributed by atoms with E-state index in [4.69, 9.17) is 17.6 Å². The number of amides is 2. The van der Waals surface area contributed by atoms with Crippen molar-refractivity contribution in [1.82, 2.24) is 0 Å². The number of carbonyl (C=O) groups is 4. The maximum Gasteiger partial charge on any atom is 0.336 e. The Labute approximate surface area is 234 Å². The van der Waals surface area contributed by atoms with Crippen molar-refractivity contribution in [3.05, 3.63) is 118 Å². The van der Waals surface area contributed by atoms with Crippen LogP contribution < -0.4 is 15.4 Å². The topological polar surface area (TPSA) is 142 Å². The van der Waals surface area contributed by atoms with Crippen LogP contribution in [0.1, 0.15) is 52.6 Å². The monoisotopic (exact) mass is 544 g/mol. The number of aromatic carboxylic acids is 2. The number of hydrogen-bond acceptors (Lipinski definition) is 5. The van der Waals surface area contributed by atoms with E-state index in [-0.39, 0.29) is 33.8 Å². The van der Waals surface area contributed by atoms with Crippen molar-refractivity contribution in [2.24, 2.45) is 0 Å². The highest BCUT2D eigenvalue weighted by molar-refractivity contribution is 6.12. The Bertz CT molecular complexity index is 1660. The lowest BCUT2D eigenvalue weighted by molar-refractivity contribution is 0.0683. The Morgan fingerprint density at radius 2 is 1.00 bits per heavy atom. The van der Waals surface area contributed by atoms with Gasteiger partial charge in [0.15, 0.2) is 0 Å². The lowest BCUT2D eigenvalue weighted by Gasteiger charge is -2.13. The number of ether oxygens (including phenoxy) is 1. The first-order chi connectivity index (χ1) is 19.7. The number of hydrogen-bond donors (Lipinski definition) is 4. The predicted octanol–water partition coefficient (Wildman–Crippen LogP) is 5.34. The Morgan fingerprint density at radius 3 is 1.37 bits per heavy atom. The van der Waals surface area contributed by atoms with Gasteiger partial charge in [0.05, 0.1) is 22.3 Å². The molecule has 9 nitrogen and oxygen atoms in total. The fraction of sp³-hybridized carbons (Fsp3) is 0. The summed E-state index contributed by atoms with van der Waals surface area (Å²) in [4.78, 5) is 49.5. The molecule has 9 heteroatoms. The van der Waals surface area contributed by atoms with Crippen molar-refractivity contribution >= 4 is 35.1 Å². The second kappa shape index (κ2) is 12.0. The zero-order valence-corrected chi connectivity index (χ0v) is 21.2. The predicted molar refractivity (Wildman–Crippen MR) is 152 cm³/mol. The van der Waals surface area contributed by atoms with Crippen LogP contribution in [-0.2, 0) is 0 Å². The number of anilines is 2. The minimum absolute atomic E-state index is 0.0212. The number of carbonyl (C=O) groups excluding carboxylic acids is 2. The molecule has 4 N–H and O–H groups in total. The van der Waals surface area contributed by atoms with Gasteiger partial charge in [0.2, 0.25) is 0 Å². The molecule has 0 aliphatic rings. The molecule has 0 aliphatic heterocycles. The largest absolute Gasteiger partial charge is 0.478 e. The van der Waals surface area contributed by atoms with Crippen molar-refractivity contribution in [3.63, 3.8) is 0 Å². The summed E-state index contributed by atoms with van der Waals surface area (Å²) in [5.74, 6) is 0.809. The Hall–Kier alpha value is -6.32. The Balaban J connectivity index is 1.57. The molecule has 0 saturated carbocycles. The molecule has 4 aromatic rings. The summed E-state index contributed by atoms with van der Waals surface area (Å²) < 4.78 is 5.69. The summed E-state index contributed by atoms with van der Waals surface area (Å²) in [7, 11) is 0. The smallest absolute Gasteiger partial charge is 0.336 e. The number of nitrogens with one attached hydrogen (secondary N) is 2. The minimum atomic E-state index is -1.38. The molecule has 2 amide bonds. The molecule has 0 saturated heterocycles. The maximum atomic E-state index is 12.8. The van der Waals surface area contributed by atoms with Gasteiger partial charge in [-0.2, -0.15) is 0 Å². The van der Waals surface area contributed by atoms with Crippen LogP contribution in [0, 0.1) is 24.7 Å². The van der Waals surface area contributed by atoms with Gasteiger partial charge in [-0.3, -0.25) is 9.59 Å². The van der Waals surface area contributed by atoms with Crippen LogP contribution in [0.15, 0.2) is 84.9 Å². The molecule has 41 heavy (non-hydrogen) atoms. The molecule has 4 rings (SSSR count). The average molecular weight is 545 g/mol. The van der Waals surface area contributed by atoms with E-state index in [9.17, 15) is 29.4 Å². The molecular weight excluding hydrogens is 524 g/mol. The van der Waals surface area contributed by atoms with E-state index < -0.39 is 23.8 Å². The Morgan fingerprint density at radius 1 is 0.585 bits per heavy atom. The van der Waals surface area contributed by atoms with E-state index in [1.54, 1.807) is 48.5 Å². The fourth-order valence-corrected chi connectivity index (χ4v) is 3.83. The Kier molecular flexibility index (Phi) is 8.13. The number of terminal acetylenes is 2. The third-order valence-electron chi connectivity index (χ3n) is 5.74. The molecule has 0 heterocycles. The summed E-state index contributed by atoms with van der Waals surface area (Å²) in [5.41, 5.74) is 0.867. The van der Waals surface area contributed by atoms with E-state index in [1.165, 1.54) is 24.3 Å². The van der Waals surface area contributed by atoms with Crippen molar-refractivity contribution in [3.8, 4) is 36.2 Å². The van der Waals surface area contributed by atoms with Gasteiger partial charge in [0.25, 0.3) is 11.8 Å². The molecule has 0 atom stereocenters. The first kappa shape index (κ1) is 27.7. The van der Waals surface area contributed by atoms with E-state index in [2.05, 4.69) is 22.5 Å². The third kappa shape index (κ3) is 6.58. The third-order valence-corrected chi connectivity index (χ3v) is 5.74. The molecule has 0 unspecified atom stereocenters. The summed E-state index contributed by atoms with van der Waals surface area (Å²) in [6, 6.07) is 20.5. The lowest BCUT2D eigenvalue weighted by atomic mass is 10.1.